The first-order chi connectivity index (χ1) is 12.9. The predicted molar refractivity (Wildman–Crippen MR) is 115 cm³/mol. The van der Waals surface area contributed by atoms with Crippen LogP contribution in [-0.4, -0.2) is 21.2 Å². The predicted octanol–water partition coefficient (Wildman–Crippen LogP) is 5.08. The van der Waals surface area contributed by atoms with Crippen LogP contribution < -0.4 is 9.57 Å². The van der Waals surface area contributed by atoms with Gasteiger partial charge in [0.25, 0.3) is 10.0 Å². The molecule has 5 nitrogen and oxygen atoms in total. The number of hydrogen-bond acceptors (Lipinski definition) is 4. The summed E-state index contributed by atoms with van der Waals surface area (Å²) in [6, 6.07) is 16.1. The van der Waals surface area contributed by atoms with Crippen LogP contribution in [0.5, 0.6) is 5.75 Å². The summed E-state index contributed by atoms with van der Waals surface area (Å²) >= 11 is 6.87. The van der Waals surface area contributed by atoms with Crippen molar-refractivity contribution in [2.45, 2.75) is 11.8 Å². The summed E-state index contributed by atoms with van der Waals surface area (Å²) in [6.45, 7) is 2.44. The van der Waals surface area contributed by atoms with E-state index in [-0.39, 0.29) is 4.90 Å². The second-order valence-electron chi connectivity index (χ2n) is 5.61. The van der Waals surface area contributed by atoms with Crippen molar-refractivity contribution in [2.24, 2.45) is 5.10 Å². The van der Waals surface area contributed by atoms with Crippen LogP contribution in [0.1, 0.15) is 12.5 Å². The van der Waals surface area contributed by atoms with Crippen LogP contribution in [0.4, 0.5) is 0 Å². The van der Waals surface area contributed by atoms with Crippen LogP contribution in [0.25, 0.3) is 10.8 Å². The van der Waals surface area contributed by atoms with Crippen LogP contribution in [0.3, 0.4) is 0 Å². The Balaban J connectivity index is 1.80. The third-order valence-corrected chi connectivity index (χ3v) is 6.13. The Bertz CT molecular complexity index is 1090. The Morgan fingerprint density at radius 2 is 1.70 bits per heavy atom. The number of benzene rings is 3. The lowest BCUT2D eigenvalue weighted by Crippen LogP contribution is -2.18. The smallest absolute Gasteiger partial charge is 0.276 e. The molecule has 0 aliphatic carbocycles. The Kier molecular flexibility index (Phi) is 6.18. The van der Waals surface area contributed by atoms with Gasteiger partial charge in [-0.2, -0.15) is 13.5 Å². The van der Waals surface area contributed by atoms with Crippen molar-refractivity contribution in [2.75, 3.05) is 6.61 Å². The Hall–Kier alpha value is -1.90. The fraction of sp³-hybridized carbons (Fsp3) is 0.105. The summed E-state index contributed by atoms with van der Waals surface area (Å²) in [5.74, 6) is 0.686. The molecule has 3 rings (SSSR count). The minimum absolute atomic E-state index is 0.160. The van der Waals surface area contributed by atoms with E-state index < -0.39 is 10.0 Å². The van der Waals surface area contributed by atoms with E-state index in [0.29, 0.717) is 17.9 Å². The molecule has 140 valence electrons. The number of hydrazone groups is 1. The highest BCUT2D eigenvalue weighted by atomic mass is 79.9. The van der Waals surface area contributed by atoms with Gasteiger partial charge in [0.1, 0.15) is 5.75 Å². The summed E-state index contributed by atoms with van der Waals surface area (Å²) in [5, 5.41) is 5.71. The minimum Gasteiger partial charge on any atom is -0.492 e. The molecule has 0 atom stereocenters. The number of sulfonamides is 1. The second kappa shape index (κ2) is 8.41. The number of rotatable bonds is 6. The Labute approximate surface area is 174 Å². The maximum absolute atomic E-state index is 12.5. The highest BCUT2D eigenvalue weighted by Crippen LogP contribution is 2.34. The van der Waals surface area contributed by atoms with E-state index in [4.69, 9.17) is 4.74 Å². The molecule has 8 heteroatoms. The fourth-order valence-electron chi connectivity index (χ4n) is 2.49. The van der Waals surface area contributed by atoms with E-state index in [0.717, 1.165) is 19.7 Å². The average Bonchev–Trinajstić information content (AvgIpc) is 2.64. The molecular formula is C19H16Br2N2O3S. The lowest BCUT2D eigenvalue weighted by atomic mass is 10.1. The molecular weight excluding hydrogens is 496 g/mol. The molecule has 0 spiro atoms. The molecule has 3 aromatic rings. The standard InChI is InChI=1S/C19H16Br2N2O3S/c1-2-26-19-17(20)9-13(10-18(19)21)12-22-23-27(24,25)16-8-7-14-5-3-4-6-15(14)11-16/h3-12,23H,2H2,1H3/b22-12-. The fourth-order valence-corrected chi connectivity index (χ4v) is 4.77. The molecule has 0 saturated carbocycles. The van der Waals surface area contributed by atoms with Gasteiger partial charge in [0.05, 0.1) is 26.7 Å². The summed E-state index contributed by atoms with van der Waals surface area (Å²) in [6.07, 6.45) is 1.43. The number of hydrogen-bond donors (Lipinski definition) is 1. The summed E-state index contributed by atoms with van der Waals surface area (Å²) < 4.78 is 32.0. The van der Waals surface area contributed by atoms with Crippen molar-refractivity contribution in [3.8, 4) is 5.75 Å². The molecule has 1 N–H and O–H groups in total. The zero-order chi connectivity index (χ0) is 19.4. The van der Waals surface area contributed by atoms with Crippen LogP contribution in [0.2, 0.25) is 0 Å². The molecule has 0 bridgehead atoms. The van der Waals surface area contributed by atoms with Gasteiger partial charge in [-0.3, -0.25) is 0 Å². The number of fused-ring (bicyclic) bond motifs is 1. The highest BCUT2D eigenvalue weighted by molar-refractivity contribution is 9.11. The lowest BCUT2D eigenvalue weighted by molar-refractivity contribution is 0.336. The lowest BCUT2D eigenvalue weighted by Gasteiger charge is -2.09. The number of nitrogens with zero attached hydrogens (tertiary/aromatic N) is 1. The zero-order valence-electron chi connectivity index (χ0n) is 14.3. The quantitative estimate of drug-likeness (QED) is 0.371. The van der Waals surface area contributed by atoms with Crippen molar-refractivity contribution in [3.63, 3.8) is 0 Å². The van der Waals surface area contributed by atoms with Gasteiger partial charge in [-0.15, -0.1) is 0 Å². The van der Waals surface area contributed by atoms with E-state index in [1.165, 1.54) is 6.21 Å². The van der Waals surface area contributed by atoms with Crippen LogP contribution >= 0.6 is 31.9 Å². The third kappa shape index (κ3) is 4.69. The van der Waals surface area contributed by atoms with Crippen molar-refractivity contribution < 1.29 is 13.2 Å². The van der Waals surface area contributed by atoms with Crippen molar-refractivity contribution in [3.05, 3.63) is 69.1 Å². The Morgan fingerprint density at radius 1 is 1.04 bits per heavy atom. The summed E-state index contributed by atoms with van der Waals surface area (Å²) in [7, 11) is -3.75. The monoisotopic (exact) mass is 510 g/mol. The molecule has 3 aromatic carbocycles. The molecule has 0 saturated heterocycles. The first kappa shape index (κ1) is 19.9. The molecule has 0 heterocycles. The van der Waals surface area contributed by atoms with E-state index in [2.05, 4.69) is 41.8 Å². The Morgan fingerprint density at radius 3 is 2.37 bits per heavy atom. The maximum Gasteiger partial charge on any atom is 0.276 e. The van der Waals surface area contributed by atoms with E-state index >= 15 is 0 Å². The normalized spacial score (nSPS) is 11.8. The first-order valence-corrected chi connectivity index (χ1v) is 11.1. The molecule has 0 radical (unpaired) electrons. The van der Waals surface area contributed by atoms with Crippen LogP contribution in [0.15, 0.2) is 73.5 Å². The van der Waals surface area contributed by atoms with Gasteiger partial charge in [-0.1, -0.05) is 30.3 Å². The van der Waals surface area contributed by atoms with Gasteiger partial charge < -0.3 is 4.74 Å². The number of halogens is 2. The van der Waals surface area contributed by atoms with E-state index in [1.54, 1.807) is 30.3 Å². The average molecular weight is 512 g/mol. The van der Waals surface area contributed by atoms with Gasteiger partial charge in [0, 0.05) is 0 Å². The second-order valence-corrected chi connectivity index (χ2v) is 8.98. The molecule has 0 unspecified atom stereocenters. The molecule has 0 amide bonds. The van der Waals surface area contributed by atoms with Crippen LogP contribution in [0, 0.1) is 0 Å². The van der Waals surface area contributed by atoms with E-state index in [1.807, 2.05) is 31.2 Å². The molecule has 0 aliphatic heterocycles. The molecule has 0 aromatic heterocycles. The van der Waals surface area contributed by atoms with Gasteiger partial charge in [-0.25, -0.2) is 4.83 Å². The zero-order valence-corrected chi connectivity index (χ0v) is 18.3. The SMILES string of the molecule is CCOc1c(Br)cc(/C=N\NS(=O)(=O)c2ccc3ccccc3c2)cc1Br. The maximum atomic E-state index is 12.5. The summed E-state index contributed by atoms with van der Waals surface area (Å²) in [5.41, 5.74) is 0.707. The summed E-state index contributed by atoms with van der Waals surface area (Å²) in [4.78, 5) is 2.41. The highest BCUT2D eigenvalue weighted by Gasteiger charge is 2.13. The molecule has 0 aliphatic rings. The van der Waals surface area contributed by atoms with Crippen molar-refractivity contribution in [1.82, 2.24) is 4.83 Å². The third-order valence-electron chi connectivity index (χ3n) is 3.73. The number of nitrogens with one attached hydrogen (secondary N) is 1. The minimum atomic E-state index is -3.75. The van der Waals surface area contributed by atoms with Crippen LogP contribution in [-0.2, 0) is 10.0 Å². The largest absolute Gasteiger partial charge is 0.492 e. The molecule has 0 fully saturated rings. The van der Waals surface area contributed by atoms with Crippen molar-refractivity contribution >= 4 is 58.9 Å². The van der Waals surface area contributed by atoms with Crippen molar-refractivity contribution in [1.29, 1.82) is 0 Å². The van der Waals surface area contributed by atoms with E-state index in [9.17, 15) is 8.42 Å². The number of ether oxygens (including phenoxy) is 1. The van der Waals surface area contributed by atoms with Gasteiger partial charge in [-0.05, 0) is 79.4 Å². The molecule has 27 heavy (non-hydrogen) atoms. The topological polar surface area (TPSA) is 67.8 Å². The van der Waals surface area contributed by atoms with Gasteiger partial charge in [0.15, 0.2) is 0 Å². The first-order valence-electron chi connectivity index (χ1n) is 8.06. The van der Waals surface area contributed by atoms with Gasteiger partial charge in [0.2, 0.25) is 0 Å². The van der Waals surface area contributed by atoms with Gasteiger partial charge >= 0.3 is 0 Å².